The highest BCUT2D eigenvalue weighted by molar-refractivity contribution is 9.10. The van der Waals surface area contributed by atoms with E-state index in [-0.39, 0.29) is 5.91 Å². The van der Waals surface area contributed by atoms with Crippen LogP contribution in [0.1, 0.15) is 16.1 Å². The minimum atomic E-state index is -0.250. The molecule has 0 aliphatic rings. The standard InChI is InChI=1S/C15H12BrN5O2/c1-9-8-14(21-23-9)17-12-6-7-13(20-19-12)18-15(22)10-2-4-11(16)5-3-10/h2-8H,1H3,(H,17,19,21)(H,18,20,22). The Bertz CT molecular complexity index is 815. The Morgan fingerprint density at radius 3 is 2.35 bits per heavy atom. The van der Waals surface area contributed by atoms with E-state index in [1.165, 1.54) is 0 Å². The van der Waals surface area contributed by atoms with Crippen molar-refractivity contribution in [3.63, 3.8) is 0 Å². The number of carbonyl (C=O) groups excluding carboxylic acids is 1. The number of nitrogens with one attached hydrogen (secondary N) is 2. The molecular weight excluding hydrogens is 362 g/mol. The monoisotopic (exact) mass is 373 g/mol. The molecule has 0 radical (unpaired) electrons. The summed E-state index contributed by atoms with van der Waals surface area (Å²) in [5.74, 6) is 1.85. The van der Waals surface area contributed by atoms with E-state index in [1.807, 2.05) is 0 Å². The summed E-state index contributed by atoms with van der Waals surface area (Å²) in [7, 11) is 0. The van der Waals surface area contributed by atoms with Gasteiger partial charge < -0.3 is 15.2 Å². The predicted octanol–water partition coefficient (Wildman–Crippen LogP) is 3.53. The number of carbonyl (C=O) groups is 1. The van der Waals surface area contributed by atoms with Gasteiger partial charge in [0.25, 0.3) is 5.91 Å². The Kier molecular flexibility index (Phi) is 4.33. The first-order valence-electron chi connectivity index (χ1n) is 6.71. The lowest BCUT2D eigenvalue weighted by Crippen LogP contribution is -2.13. The average Bonchev–Trinajstić information content (AvgIpc) is 2.95. The van der Waals surface area contributed by atoms with Gasteiger partial charge in [0.15, 0.2) is 17.5 Å². The third-order valence-electron chi connectivity index (χ3n) is 2.90. The molecule has 7 nitrogen and oxygen atoms in total. The number of hydrogen-bond acceptors (Lipinski definition) is 6. The number of rotatable bonds is 4. The average molecular weight is 374 g/mol. The molecule has 1 amide bonds. The SMILES string of the molecule is Cc1cc(Nc2ccc(NC(=O)c3ccc(Br)cc3)nn2)no1. The van der Waals surface area contributed by atoms with Crippen molar-refractivity contribution >= 4 is 39.3 Å². The molecule has 3 aromatic rings. The Hall–Kier alpha value is -2.74. The van der Waals surface area contributed by atoms with Gasteiger partial charge in [-0.05, 0) is 43.3 Å². The molecule has 0 spiro atoms. The van der Waals surface area contributed by atoms with E-state index in [0.717, 1.165) is 4.47 Å². The van der Waals surface area contributed by atoms with Crippen LogP contribution >= 0.6 is 15.9 Å². The van der Waals surface area contributed by atoms with E-state index < -0.39 is 0 Å². The minimum Gasteiger partial charge on any atom is -0.360 e. The minimum absolute atomic E-state index is 0.250. The van der Waals surface area contributed by atoms with Crippen LogP contribution in [0.25, 0.3) is 0 Å². The normalized spacial score (nSPS) is 10.3. The number of aryl methyl sites for hydroxylation is 1. The maximum Gasteiger partial charge on any atom is 0.256 e. The molecule has 1 aromatic carbocycles. The molecule has 8 heteroatoms. The van der Waals surface area contributed by atoms with Crippen molar-refractivity contribution in [2.45, 2.75) is 6.92 Å². The summed E-state index contributed by atoms with van der Waals surface area (Å²) in [6.45, 7) is 1.80. The summed E-state index contributed by atoms with van der Waals surface area (Å²) in [5, 5.41) is 17.4. The summed E-state index contributed by atoms with van der Waals surface area (Å²) in [6, 6.07) is 12.1. The van der Waals surface area contributed by atoms with Crippen molar-refractivity contribution in [3.8, 4) is 0 Å². The van der Waals surface area contributed by atoms with E-state index in [1.54, 1.807) is 49.4 Å². The second kappa shape index (κ2) is 6.57. The van der Waals surface area contributed by atoms with Crippen LogP contribution in [-0.2, 0) is 0 Å². The number of halogens is 1. The summed E-state index contributed by atoms with van der Waals surface area (Å²) in [6.07, 6.45) is 0. The molecule has 0 aliphatic carbocycles. The quantitative estimate of drug-likeness (QED) is 0.726. The summed E-state index contributed by atoms with van der Waals surface area (Å²) in [4.78, 5) is 12.1. The summed E-state index contributed by atoms with van der Waals surface area (Å²) >= 11 is 3.33. The van der Waals surface area contributed by atoms with Crippen molar-refractivity contribution in [1.82, 2.24) is 15.4 Å². The van der Waals surface area contributed by atoms with Gasteiger partial charge in [-0.15, -0.1) is 10.2 Å². The van der Waals surface area contributed by atoms with Gasteiger partial charge >= 0.3 is 0 Å². The molecule has 3 rings (SSSR count). The number of aromatic nitrogens is 3. The molecular formula is C15H12BrN5O2. The van der Waals surface area contributed by atoms with Gasteiger partial charge in [-0.25, -0.2) is 0 Å². The third-order valence-corrected chi connectivity index (χ3v) is 3.43. The topological polar surface area (TPSA) is 92.9 Å². The zero-order valence-electron chi connectivity index (χ0n) is 12.1. The van der Waals surface area contributed by atoms with Gasteiger partial charge in [-0.2, -0.15) is 0 Å². The Labute approximate surface area is 140 Å². The second-order valence-corrected chi connectivity index (χ2v) is 5.63. The van der Waals surface area contributed by atoms with E-state index in [0.29, 0.717) is 28.8 Å². The van der Waals surface area contributed by atoms with Crippen LogP contribution in [0.4, 0.5) is 17.5 Å². The highest BCUT2D eigenvalue weighted by Gasteiger charge is 2.08. The predicted molar refractivity (Wildman–Crippen MR) is 88.6 cm³/mol. The van der Waals surface area contributed by atoms with Crippen molar-refractivity contribution in [1.29, 1.82) is 0 Å². The van der Waals surface area contributed by atoms with Gasteiger partial charge in [0.2, 0.25) is 0 Å². The molecule has 2 N–H and O–H groups in total. The van der Waals surface area contributed by atoms with Gasteiger partial charge in [0.05, 0.1) is 0 Å². The number of anilines is 3. The third kappa shape index (κ3) is 3.92. The van der Waals surface area contributed by atoms with Crippen molar-refractivity contribution < 1.29 is 9.32 Å². The van der Waals surface area contributed by atoms with Crippen LogP contribution in [-0.4, -0.2) is 21.3 Å². The van der Waals surface area contributed by atoms with Gasteiger partial charge in [0.1, 0.15) is 5.76 Å². The highest BCUT2D eigenvalue weighted by Crippen LogP contribution is 2.15. The molecule has 0 fully saturated rings. The number of benzene rings is 1. The zero-order valence-corrected chi connectivity index (χ0v) is 13.7. The molecule has 0 atom stereocenters. The molecule has 23 heavy (non-hydrogen) atoms. The van der Waals surface area contributed by atoms with E-state index in [4.69, 9.17) is 4.52 Å². The van der Waals surface area contributed by atoms with Crippen molar-refractivity contribution in [2.75, 3.05) is 10.6 Å². The first-order chi connectivity index (χ1) is 11.1. The first-order valence-corrected chi connectivity index (χ1v) is 7.50. The van der Waals surface area contributed by atoms with Crippen LogP contribution in [0.2, 0.25) is 0 Å². The molecule has 0 aliphatic heterocycles. The van der Waals surface area contributed by atoms with Crippen LogP contribution in [0, 0.1) is 6.92 Å². The zero-order chi connectivity index (χ0) is 16.2. The van der Waals surface area contributed by atoms with E-state index in [2.05, 4.69) is 41.9 Å². The fourth-order valence-electron chi connectivity index (χ4n) is 1.81. The van der Waals surface area contributed by atoms with Crippen molar-refractivity contribution in [2.24, 2.45) is 0 Å². The lowest BCUT2D eigenvalue weighted by molar-refractivity contribution is 0.102. The van der Waals surface area contributed by atoms with Crippen LogP contribution < -0.4 is 10.6 Å². The van der Waals surface area contributed by atoms with E-state index >= 15 is 0 Å². The fourth-order valence-corrected chi connectivity index (χ4v) is 2.08. The van der Waals surface area contributed by atoms with Gasteiger partial charge in [-0.3, -0.25) is 4.79 Å². The maximum absolute atomic E-state index is 12.1. The Balaban J connectivity index is 1.65. The number of nitrogens with zero attached hydrogens (tertiary/aromatic N) is 3. The molecule has 2 aromatic heterocycles. The Morgan fingerprint density at radius 2 is 1.74 bits per heavy atom. The molecule has 0 saturated heterocycles. The fraction of sp³-hybridized carbons (Fsp3) is 0.0667. The first kappa shape index (κ1) is 15.2. The van der Waals surface area contributed by atoms with Gasteiger partial charge in [-0.1, -0.05) is 21.1 Å². The van der Waals surface area contributed by atoms with Crippen LogP contribution in [0.15, 0.2) is 51.5 Å². The molecule has 0 unspecified atom stereocenters. The van der Waals surface area contributed by atoms with Gasteiger partial charge in [0, 0.05) is 16.1 Å². The Morgan fingerprint density at radius 1 is 1.04 bits per heavy atom. The molecule has 0 bridgehead atoms. The smallest absolute Gasteiger partial charge is 0.256 e. The summed E-state index contributed by atoms with van der Waals surface area (Å²) < 4.78 is 5.86. The van der Waals surface area contributed by atoms with Crippen LogP contribution in [0.3, 0.4) is 0 Å². The maximum atomic E-state index is 12.1. The summed E-state index contributed by atoms with van der Waals surface area (Å²) in [5.41, 5.74) is 0.537. The van der Waals surface area contributed by atoms with E-state index in [9.17, 15) is 4.79 Å². The second-order valence-electron chi connectivity index (χ2n) is 4.71. The lowest BCUT2D eigenvalue weighted by atomic mass is 10.2. The molecule has 2 heterocycles. The largest absolute Gasteiger partial charge is 0.360 e. The number of amides is 1. The van der Waals surface area contributed by atoms with Crippen LogP contribution in [0.5, 0.6) is 0 Å². The van der Waals surface area contributed by atoms with Crippen molar-refractivity contribution in [3.05, 3.63) is 58.3 Å². The highest BCUT2D eigenvalue weighted by atomic mass is 79.9. The molecule has 0 saturated carbocycles. The number of hydrogen-bond donors (Lipinski definition) is 2. The lowest BCUT2D eigenvalue weighted by Gasteiger charge is -2.05. The molecule has 116 valence electrons.